The number of carboxylic acid groups (broad SMARTS) is 1. The summed E-state index contributed by atoms with van der Waals surface area (Å²) in [6.45, 7) is 13.7. The van der Waals surface area contributed by atoms with Crippen molar-refractivity contribution < 1.29 is 34.8 Å². The fraction of sp³-hybridized carbons (Fsp3) is 0.833. The molecule has 4 N–H and O–H groups in total. The van der Waals surface area contributed by atoms with Crippen LogP contribution in [0.1, 0.15) is 93.4 Å². The van der Waals surface area contributed by atoms with Gasteiger partial charge in [-0.05, 0) is 65.3 Å². The number of hydrogen-bond acceptors (Lipinski definition) is 6. The van der Waals surface area contributed by atoms with E-state index in [1.807, 2.05) is 34.6 Å². The number of aliphatic hydroxyl groups is 3. The topological polar surface area (TPSA) is 132 Å². The van der Waals surface area contributed by atoms with Crippen molar-refractivity contribution in [2.75, 3.05) is 0 Å². The number of allylic oxidation sites excluding steroid dienone is 1. The minimum absolute atomic E-state index is 0.0190. The Morgan fingerprint density at radius 2 is 1.59 bits per heavy atom. The average molecular weight is 519 g/mol. The first-order valence-corrected chi connectivity index (χ1v) is 14.0. The zero-order chi connectivity index (χ0) is 27.9. The Morgan fingerprint density at radius 1 is 0.973 bits per heavy atom. The third-order valence-electron chi connectivity index (χ3n) is 11.8. The van der Waals surface area contributed by atoms with Crippen molar-refractivity contribution in [3.8, 4) is 0 Å². The summed E-state index contributed by atoms with van der Waals surface area (Å²) in [4.78, 5) is 38.0. The van der Waals surface area contributed by atoms with Crippen LogP contribution in [0.25, 0.3) is 0 Å². The molecule has 0 aromatic rings. The van der Waals surface area contributed by atoms with Gasteiger partial charge in [-0.2, -0.15) is 0 Å². The summed E-state index contributed by atoms with van der Waals surface area (Å²) in [5, 5.41) is 43.3. The molecule has 0 amide bonds. The molecule has 0 bridgehead atoms. The van der Waals surface area contributed by atoms with Crippen LogP contribution in [0.5, 0.6) is 0 Å². The van der Waals surface area contributed by atoms with Crippen LogP contribution >= 0.6 is 0 Å². The number of ketones is 2. The molecule has 0 saturated heterocycles. The number of carbonyl (C=O) groups is 3. The van der Waals surface area contributed by atoms with E-state index in [2.05, 4.69) is 6.92 Å². The normalized spacial score (nSPS) is 44.5. The van der Waals surface area contributed by atoms with Gasteiger partial charge in [-0.1, -0.05) is 48.5 Å². The molecule has 0 spiro atoms. The van der Waals surface area contributed by atoms with Gasteiger partial charge in [0.05, 0.1) is 24.2 Å². The van der Waals surface area contributed by atoms with Crippen molar-refractivity contribution in [2.24, 2.45) is 45.3 Å². The molecule has 4 rings (SSSR count). The van der Waals surface area contributed by atoms with Crippen LogP contribution in [-0.2, 0) is 14.4 Å². The van der Waals surface area contributed by atoms with Gasteiger partial charge in [0, 0.05) is 30.3 Å². The van der Waals surface area contributed by atoms with Gasteiger partial charge in [0.15, 0.2) is 5.78 Å². The Balaban J connectivity index is 1.74. The number of carboxylic acids is 1. The van der Waals surface area contributed by atoms with Gasteiger partial charge in [0.2, 0.25) is 0 Å². The third-order valence-corrected chi connectivity index (χ3v) is 11.8. The Labute approximate surface area is 220 Å². The molecule has 0 aliphatic heterocycles. The second-order valence-electron chi connectivity index (χ2n) is 14.1. The summed E-state index contributed by atoms with van der Waals surface area (Å²) >= 11 is 0. The van der Waals surface area contributed by atoms with Crippen molar-refractivity contribution in [3.05, 3.63) is 11.1 Å². The average Bonchev–Trinajstić information content (AvgIpc) is 2.99. The molecular weight excluding hydrogens is 472 g/mol. The highest BCUT2D eigenvalue weighted by Crippen LogP contribution is 2.71. The molecule has 2 fully saturated rings. The van der Waals surface area contributed by atoms with Crippen LogP contribution in [0.3, 0.4) is 0 Å². The lowest BCUT2D eigenvalue weighted by Crippen LogP contribution is -2.61. The van der Waals surface area contributed by atoms with E-state index in [9.17, 15) is 34.8 Å². The highest BCUT2D eigenvalue weighted by Gasteiger charge is 2.70. The molecule has 0 radical (unpaired) electrons. The molecule has 7 heteroatoms. The van der Waals surface area contributed by atoms with Gasteiger partial charge < -0.3 is 20.4 Å². The molecule has 208 valence electrons. The molecule has 0 unspecified atom stereocenters. The van der Waals surface area contributed by atoms with E-state index in [-0.39, 0.29) is 48.6 Å². The van der Waals surface area contributed by atoms with Crippen molar-refractivity contribution in [2.45, 2.75) is 112 Å². The summed E-state index contributed by atoms with van der Waals surface area (Å²) in [6.07, 6.45) is 0.391. The van der Waals surface area contributed by atoms with Crippen molar-refractivity contribution >= 4 is 17.5 Å². The van der Waals surface area contributed by atoms with Crippen LogP contribution in [-0.4, -0.2) is 56.3 Å². The van der Waals surface area contributed by atoms with Crippen molar-refractivity contribution in [1.29, 1.82) is 0 Å². The van der Waals surface area contributed by atoms with Crippen LogP contribution < -0.4 is 0 Å². The largest absolute Gasteiger partial charge is 0.481 e. The molecule has 7 nitrogen and oxygen atoms in total. The number of carbonyl (C=O) groups excluding carboxylic acids is 2. The van der Waals surface area contributed by atoms with Gasteiger partial charge in [-0.25, -0.2) is 0 Å². The Kier molecular flexibility index (Phi) is 6.91. The van der Waals surface area contributed by atoms with E-state index in [0.29, 0.717) is 36.8 Å². The maximum atomic E-state index is 14.1. The number of aliphatic hydroxyl groups excluding tert-OH is 3. The minimum Gasteiger partial charge on any atom is -0.481 e. The first-order chi connectivity index (χ1) is 16.9. The lowest BCUT2D eigenvalue weighted by Gasteiger charge is -2.62. The second kappa shape index (κ2) is 8.99. The molecule has 0 aromatic heterocycles. The second-order valence-corrected chi connectivity index (χ2v) is 14.1. The standard InChI is InChI=1S/C30H46O7/c1-15(10-17(31)11-16(2)26(36)37)18-12-23(35)30(7)25-19(32)13-21-27(3,4)22(34)8-9-28(21,5)24(25)20(33)14-29(18,30)6/h15-16,18-19,21-23,32,34-35H,8-14H2,1-7H3,(H,36,37)/t15-,16+,18+,19-,21-,22-,23-,28-,29+,30-/m0/s1. The van der Waals surface area contributed by atoms with Gasteiger partial charge in [0.25, 0.3) is 0 Å². The quantitative estimate of drug-likeness (QED) is 0.419. The van der Waals surface area contributed by atoms with Crippen molar-refractivity contribution in [1.82, 2.24) is 0 Å². The Bertz CT molecular complexity index is 1030. The fourth-order valence-electron chi connectivity index (χ4n) is 9.39. The number of Topliss-reactive ketones (excluding diaryl/α,β-unsaturated/α-hetero) is 2. The minimum atomic E-state index is -0.995. The van der Waals surface area contributed by atoms with Crippen LogP contribution in [0.4, 0.5) is 0 Å². The summed E-state index contributed by atoms with van der Waals surface area (Å²) < 4.78 is 0. The molecule has 0 aromatic carbocycles. The van der Waals surface area contributed by atoms with Crippen LogP contribution in [0, 0.1) is 45.3 Å². The molecule has 4 aliphatic rings. The van der Waals surface area contributed by atoms with Gasteiger partial charge in [-0.3, -0.25) is 14.4 Å². The monoisotopic (exact) mass is 518 g/mol. The van der Waals surface area contributed by atoms with E-state index in [4.69, 9.17) is 0 Å². The van der Waals surface area contributed by atoms with Gasteiger partial charge >= 0.3 is 5.97 Å². The highest BCUT2D eigenvalue weighted by molar-refractivity contribution is 6.00. The third kappa shape index (κ3) is 3.89. The number of rotatable bonds is 6. The van der Waals surface area contributed by atoms with E-state index >= 15 is 0 Å². The van der Waals surface area contributed by atoms with Crippen LogP contribution in [0.15, 0.2) is 11.1 Å². The van der Waals surface area contributed by atoms with E-state index in [0.717, 1.165) is 0 Å². The summed E-state index contributed by atoms with van der Waals surface area (Å²) in [5.74, 6) is -2.17. The molecule has 0 heterocycles. The van der Waals surface area contributed by atoms with Crippen LogP contribution in [0.2, 0.25) is 0 Å². The summed E-state index contributed by atoms with van der Waals surface area (Å²) in [6, 6.07) is 0. The lowest BCUT2D eigenvalue weighted by molar-refractivity contribution is -0.143. The molecule has 37 heavy (non-hydrogen) atoms. The van der Waals surface area contributed by atoms with E-state index in [1.165, 1.54) is 6.92 Å². The number of fused-ring (bicyclic) bond motifs is 4. The molecule has 2 saturated carbocycles. The SMILES string of the molecule is C[C@H](CC(=O)C[C@H](C)[C@H]1C[C@H](O)[C@@]2(C)C3=C(C(=O)C[C@]12C)[C@@]1(C)CC[C@H](O)C(C)(C)[C@@H]1C[C@@H]3O)C(=O)O. The smallest absolute Gasteiger partial charge is 0.306 e. The Hall–Kier alpha value is -1.57. The van der Waals surface area contributed by atoms with Crippen molar-refractivity contribution in [3.63, 3.8) is 0 Å². The summed E-state index contributed by atoms with van der Waals surface area (Å²) in [5.41, 5.74) is -1.03. The Morgan fingerprint density at radius 3 is 2.19 bits per heavy atom. The lowest BCUT2D eigenvalue weighted by atomic mass is 9.42. The zero-order valence-electron chi connectivity index (χ0n) is 23.5. The maximum Gasteiger partial charge on any atom is 0.306 e. The molecular formula is C30H46O7. The fourth-order valence-corrected chi connectivity index (χ4v) is 9.39. The number of hydrogen-bond donors (Lipinski definition) is 4. The van der Waals surface area contributed by atoms with E-state index in [1.54, 1.807) is 0 Å². The zero-order valence-corrected chi connectivity index (χ0v) is 23.5. The maximum absolute atomic E-state index is 14.1. The first-order valence-electron chi connectivity index (χ1n) is 14.0. The van der Waals surface area contributed by atoms with E-state index < -0.39 is 51.9 Å². The highest BCUT2D eigenvalue weighted by atomic mass is 16.4. The molecule has 10 atom stereocenters. The molecule has 4 aliphatic carbocycles. The van der Waals surface area contributed by atoms with Gasteiger partial charge in [-0.15, -0.1) is 0 Å². The predicted octanol–water partition coefficient (Wildman–Crippen LogP) is 3.92. The predicted molar refractivity (Wildman–Crippen MR) is 138 cm³/mol. The first kappa shape index (κ1) is 28.4. The summed E-state index contributed by atoms with van der Waals surface area (Å²) in [7, 11) is 0. The van der Waals surface area contributed by atoms with Gasteiger partial charge in [0.1, 0.15) is 5.78 Å². The number of aliphatic carboxylic acids is 1.